The van der Waals surface area contributed by atoms with Crippen molar-refractivity contribution in [1.82, 2.24) is 10.6 Å². The van der Waals surface area contributed by atoms with Crippen molar-refractivity contribution in [1.29, 1.82) is 0 Å². The van der Waals surface area contributed by atoms with Crippen LogP contribution in [0.4, 0.5) is 0 Å². The van der Waals surface area contributed by atoms with Crippen molar-refractivity contribution >= 4 is 40.7 Å². The number of guanidine groups is 1. The minimum absolute atomic E-state index is 0. The molecule has 0 aromatic rings. The van der Waals surface area contributed by atoms with Gasteiger partial charge in [0, 0.05) is 54.1 Å². The molecule has 0 bridgehead atoms. The highest BCUT2D eigenvalue weighted by atomic mass is 127. The van der Waals surface area contributed by atoms with Gasteiger partial charge in [-0.2, -0.15) is 0 Å². The third kappa shape index (κ3) is 13.8. The Morgan fingerprint density at radius 1 is 1.18 bits per heavy atom. The zero-order valence-corrected chi connectivity index (χ0v) is 17.9. The molecule has 5 nitrogen and oxygen atoms in total. The Labute approximate surface area is 155 Å². The van der Waals surface area contributed by atoms with Gasteiger partial charge in [-0.25, -0.2) is 0 Å². The standard InChI is InChI=1S/C15H33N3O2S.HI/c1-6-16-14(17-10-8-9-12-20-7-2)18-11-13-21(19)15(3,4)5;/h6-13H2,1-5H3,(H2,16,17,18);1H. The van der Waals surface area contributed by atoms with Crippen molar-refractivity contribution in [3.05, 3.63) is 0 Å². The van der Waals surface area contributed by atoms with E-state index in [2.05, 4.69) is 15.6 Å². The van der Waals surface area contributed by atoms with E-state index in [0.717, 1.165) is 45.1 Å². The third-order valence-electron chi connectivity index (χ3n) is 2.78. The van der Waals surface area contributed by atoms with Gasteiger partial charge in [-0.3, -0.25) is 9.20 Å². The summed E-state index contributed by atoms with van der Waals surface area (Å²) in [4.78, 5) is 4.51. The van der Waals surface area contributed by atoms with E-state index in [-0.39, 0.29) is 28.7 Å². The first-order chi connectivity index (χ1) is 9.91. The van der Waals surface area contributed by atoms with Crippen molar-refractivity contribution in [2.24, 2.45) is 4.99 Å². The second-order valence-electron chi connectivity index (χ2n) is 5.75. The highest BCUT2D eigenvalue weighted by Crippen LogP contribution is 2.10. The molecule has 1 atom stereocenters. The fourth-order valence-electron chi connectivity index (χ4n) is 1.56. The number of nitrogens with zero attached hydrogens (tertiary/aromatic N) is 1. The smallest absolute Gasteiger partial charge is 0.191 e. The van der Waals surface area contributed by atoms with Crippen LogP contribution in [0.25, 0.3) is 0 Å². The molecule has 0 spiro atoms. The Kier molecular flexibility index (Phi) is 16.3. The summed E-state index contributed by atoms with van der Waals surface area (Å²) in [5.74, 6) is 1.44. The van der Waals surface area contributed by atoms with E-state index in [1.165, 1.54) is 0 Å². The number of halogens is 1. The molecule has 0 saturated carbocycles. The van der Waals surface area contributed by atoms with Gasteiger partial charge in [0.1, 0.15) is 0 Å². The van der Waals surface area contributed by atoms with Gasteiger partial charge >= 0.3 is 0 Å². The Hall–Kier alpha value is 0.110. The van der Waals surface area contributed by atoms with Crippen LogP contribution < -0.4 is 10.6 Å². The van der Waals surface area contributed by atoms with Crippen molar-refractivity contribution < 1.29 is 8.95 Å². The topological polar surface area (TPSA) is 62.7 Å². The predicted octanol–water partition coefficient (Wildman–Crippen LogP) is 2.52. The molecular formula is C15H34IN3O2S. The summed E-state index contributed by atoms with van der Waals surface area (Å²) < 4.78 is 17.1. The summed E-state index contributed by atoms with van der Waals surface area (Å²) >= 11 is 0. The van der Waals surface area contributed by atoms with Gasteiger partial charge in [0.2, 0.25) is 0 Å². The lowest BCUT2D eigenvalue weighted by Gasteiger charge is -2.18. The lowest BCUT2D eigenvalue weighted by molar-refractivity contribution is 0.144. The first kappa shape index (κ1) is 24.4. The number of nitrogens with one attached hydrogen (secondary N) is 2. The molecule has 0 rings (SSSR count). The molecule has 0 radical (unpaired) electrons. The van der Waals surface area contributed by atoms with Crippen molar-refractivity contribution in [3.63, 3.8) is 0 Å². The SMILES string of the molecule is CCNC(=NCCCCOCC)NCCS(=O)C(C)(C)C.I. The van der Waals surface area contributed by atoms with Crippen LogP contribution in [0, 0.1) is 0 Å². The van der Waals surface area contributed by atoms with E-state index >= 15 is 0 Å². The summed E-state index contributed by atoms with van der Waals surface area (Å²) in [6, 6.07) is 0. The first-order valence-corrected chi connectivity index (χ1v) is 9.22. The number of ether oxygens (including phenoxy) is 1. The lowest BCUT2D eigenvalue weighted by Crippen LogP contribution is -2.40. The molecule has 0 saturated heterocycles. The van der Waals surface area contributed by atoms with Crippen LogP contribution in [-0.4, -0.2) is 53.5 Å². The molecule has 0 fully saturated rings. The quantitative estimate of drug-likeness (QED) is 0.234. The van der Waals surface area contributed by atoms with Gasteiger partial charge < -0.3 is 15.4 Å². The van der Waals surface area contributed by atoms with Crippen molar-refractivity contribution in [2.45, 2.75) is 52.2 Å². The Balaban J connectivity index is 0. The second-order valence-corrected chi connectivity index (χ2v) is 8.08. The molecule has 0 aliphatic rings. The zero-order valence-electron chi connectivity index (χ0n) is 14.7. The monoisotopic (exact) mass is 447 g/mol. The van der Waals surface area contributed by atoms with E-state index in [4.69, 9.17) is 4.74 Å². The number of rotatable bonds is 10. The summed E-state index contributed by atoms with van der Waals surface area (Å²) in [5.41, 5.74) is 0. The highest BCUT2D eigenvalue weighted by molar-refractivity contribution is 14.0. The summed E-state index contributed by atoms with van der Waals surface area (Å²) in [7, 11) is -0.831. The van der Waals surface area contributed by atoms with Crippen LogP contribution in [0.3, 0.4) is 0 Å². The lowest BCUT2D eigenvalue weighted by atomic mass is 10.3. The fraction of sp³-hybridized carbons (Fsp3) is 0.933. The minimum atomic E-state index is -0.831. The van der Waals surface area contributed by atoms with Gasteiger partial charge in [-0.05, 0) is 47.5 Å². The fourth-order valence-corrected chi connectivity index (χ4v) is 2.46. The highest BCUT2D eigenvalue weighted by Gasteiger charge is 2.18. The molecule has 0 heterocycles. The Morgan fingerprint density at radius 2 is 1.86 bits per heavy atom. The molecule has 7 heteroatoms. The molecule has 0 aliphatic carbocycles. The Morgan fingerprint density at radius 3 is 2.41 bits per heavy atom. The molecule has 1 unspecified atom stereocenters. The molecule has 2 N–H and O–H groups in total. The largest absolute Gasteiger partial charge is 0.382 e. The van der Waals surface area contributed by atoms with E-state index in [0.29, 0.717) is 12.3 Å². The maximum atomic E-state index is 12.0. The number of hydrogen-bond donors (Lipinski definition) is 2. The van der Waals surface area contributed by atoms with Gasteiger partial charge in [-0.1, -0.05) is 0 Å². The van der Waals surface area contributed by atoms with Crippen LogP contribution in [0.15, 0.2) is 4.99 Å². The molecule has 134 valence electrons. The predicted molar refractivity (Wildman–Crippen MR) is 108 cm³/mol. The van der Waals surface area contributed by atoms with Crippen LogP contribution >= 0.6 is 24.0 Å². The summed E-state index contributed by atoms with van der Waals surface area (Å²) in [6.45, 7) is 13.9. The maximum absolute atomic E-state index is 12.0. The van der Waals surface area contributed by atoms with E-state index < -0.39 is 10.8 Å². The van der Waals surface area contributed by atoms with Crippen LogP contribution in [0.5, 0.6) is 0 Å². The van der Waals surface area contributed by atoms with Crippen LogP contribution in [0.1, 0.15) is 47.5 Å². The molecular weight excluding hydrogens is 413 g/mol. The molecule has 0 aliphatic heterocycles. The zero-order chi connectivity index (χ0) is 16.1. The van der Waals surface area contributed by atoms with Crippen LogP contribution in [0.2, 0.25) is 0 Å². The minimum Gasteiger partial charge on any atom is -0.382 e. The number of aliphatic imine (C=N–C) groups is 1. The van der Waals surface area contributed by atoms with Gasteiger partial charge in [0.05, 0.1) is 0 Å². The number of unbranched alkanes of at least 4 members (excludes halogenated alkanes) is 1. The summed E-state index contributed by atoms with van der Waals surface area (Å²) in [6.07, 6.45) is 2.05. The van der Waals surface area contributed by atoms with Crippen molar-refractivity contribution in [3.8, 4) is 0 Å². The van der Waals surface area contributed by atoms with Crippen molar-refractivity contribution in [2.75, 3.05) is 38.6 Å². The van der Waals surface area contributed by atoms with E-state index in [1.807, 2.05) is 34.6 Å². The molecule has 0 aromatic carbocycles. The van der Waals surface area contributed by atoms with Gasteiger partial charge in [0.15, 0.2) is 5.96 Å². The van der Waals surface area contributed by atoms with E-state index in [1.54, 1.807) is 0 Å². The molecule has 22 heavy (non-hydrogen) atoms. The third-order valence-corrected chi connectivity index (χ3v) is 4.72. The normalized spacial score (nSPS) is 13.4. The first-order valence-electron chi connectivity index (χ1n) is 7.90. The Bertz CT molecular complexity index is 320. The number of hydrogen-bond acceptors (Lipinski definition) is 3. The maximum Gasteiger partial charge on any atom is 0.191 e. The van der Waals surface area contributed by atoms with Gasteiger partial charge in [-0.15, -0.1) is 24.0 Å². The average molecular weight is 447 g/mol. The molecule has 0 amide bonds. The summed E-state index contributed by atoms with van der Waals surface area (Å²) in [5, 5.41) is 6.45. The van der Waals surface area contributed by atoms with E-state index in [9.17, 15) is 4.21 Å². The average Bonchev–Trinajstić information content (AvgIpc) is 2.41. The molecule has 0 aromatic heterocycles. The van der Waals surface area contributed by atoms with Crippen LogP contribution in [-0.2, 0) is 15.5 Å². The second kappa shape index (κ2) is 14.7. The van der Waals surface area contributed by atoms with Gasteiger partial charge in [0.25, 0.3) is 0 Å².